The van der Waals surface area contributed by atoms with Crippen LogP contribution in [0.3, 0.4) is 0 Å². The van der Waals surface area contributed by atoms with Gasteiger partial charge in [0.25, 0.3) is 5.91 Å². The molecule has 8 heteroatoms. The van der Waals surface area contributed by atoms with Crippen molar-refractivity contribution in [2.45, 2.75) is 20.4 Å². The minimum atomic E-state index is 0.0480. The minimum Gasteiger partial charge on any atom is -0.378 e. The molecule has 1 fully saturated rings. The summed E-state index contributed by atoms with van der Waals surface area (Å²) < 4.78 is 6.51. The largest absolute Gasteiger partial charge is 0.378 e. The van der Waals surface area contributed by atoms with E-state index in [0.717, 1.165) is 64.5 Å². The van der Waals surface area contributed by atoms with E-state index >= 15 is 0 Å². The second-order valence-electron chi connectivity index (χ2n) is 7.38. The lowest BCUT2D eigenvalue weighted by Gasteiger charge is -2.29. The zero-order valence-electron chi connectivity index (χ0n) is 17.8. The first-order valence-corrected chi connectivity index (χ1v) is 12.0. The molecule has 30 heavy (non-hydrogen) atoms. The van der Waals surface area contributed by atoms with Gasteiger partial charge in [0, 0.05) is 45.5 Å². The number of nitrogens with zero attached hydrogens (tertiary/aromatic N) is 4. The van der Waals surface area contributed by atoms with Gasteiger partial charge in [-0.15, -0.1) is 11.3 Å². The van der Waals surface area contributed by atoms with Crippen LogP contribution in [0.5, 0.6) is 0 Å². The molecule has 0 spiro atoms. The molecule has 3 heterocycles. The van der Waals surface area contributed by atoms with Gasteiger partial charge in [-0.1, -0.05) is 23.5 Å². The summed E-state index contributed by atoms with van der Waals surface area (Å²) >= 11 is 3.15. The molecule has 0 atom stereocenters. The molecule has 1 aliphatic rings. The van der Waals surface area contributed by atoms with Crippen LogP contribution in [0.1, 0.15) is 29.1 Å². The van der Waals surface area contributed by atoms with E-state index in [4.69, 9.17) is 9.72 Å². The third-order valence-electron chi connectivity index (χ3n) is 5.40. The lowest BCUT2D eigenvalue weighted by Crippen LogP contribution is -2.36. The van der Waals surface area contributed by atoms with Crippen LogP contribution < -0.4 is 9.80 Å². The molecule has 3 aromatic rings. The Morgan fingerprint density at radius 2 is 1.83 bits per heavy atom. The number of benzene rings is 1. The monoisotopic (exact) mass is 444 g/mol. The Labute approximate surface area is 185 Å². The molecule has 0 bridgehead atoms. The predicted molar refractivity (Wildman–Crippen MR) is 126 cm³/mol. The van der Waals surface area contributed by atoms with Gasteiger partial charge in [0.15, 0.2) is 5.13 Å². The van der Waals surface area contributed by atoms with E-state index in [1.165, 1.54) is 17.0 Å². The molecular weight excluding hydrogens is 416 g/mol. The van der Waals surface area contributed by atoms with Crippen LogP contribution in [0.25, 0.3) is 9.53 Å². The number of anilines is 2. The summed E-state index contributed by atoms with van der Waals surface area (Å²) in [6.45, 7) is 10.2. The lowest BCUT2D eigenvalue weighted by atomic mass is 10.1. The van der Waals surface area contributed by atoms with Crippen molar-refractivity contribution in [2.24, 2.45) is 0 Å². The molecule has 1 aromatic carbocycles. The van der Waals surface area contributed by atoms with Crippen molar-refractivity contribution in [3.8, 4) is 0 Å². The Balaban J connectivity index is 1.41. The quantitative estimate of drug-likeness (QED) is 0.543. The van der Waals surface area contributed by atoms with Gasteiger partial charge in [-0.3, -0.25) is 4.79 Å². The van der Waals surface area contributed by atoms with Crippen molar-refractivity contribution in [2.75, 3.05) is 56.2 Å². The smallest absolute Gasteiger partial charge is 0.264 e. The highest BCUT2D eigenvalue weighted by molar-refractivity contribution is 7.29. The Kier molecular flexibility index (Phi) is 6.55. The molecule has 1 amide bonds. The number of aromatic nitrogens is 1. The number of carbonyl (C=O) groups is 1. The minimum absolute atomic E-state index is 0.0480. The van der Waals surface area contributed by atoms with Crippen molar-refractivity contribution in [3.63, 3.8) is 0 Å². The van der Waals surface area contributed by atoms with E-state index in [0.29, 0.717) is 6.54 Å². The highest BCUT2D eigenvalue weighted by Gasteiger charge is 2.19. The Bertz CT molecular complexity index is 957. The van der Waals surface area contributed by atoms with Crippen LogP contribution in [-0.4, -0.2) is 62.2 Å². The van der Waals surface area contributed by atoms with Crippen LogP contribution in [0.15, 0.2) is 30.3 Å². The van der Waals surface area contributed by atoms with Crippen LogP contribution in [0, 0.1) is 0 Å². The van der Waals surface area contributed by atoms with Crippen molar-refractivity contribution in [1.29, 1.82) is 0 Å². The molecule has 0 N–H and O–H groups in total. The third-order valence-corrected chi connectivity index (χ3v) is 7.61. The normalized spacial score (nSPS) is 14.3. The molecule has 6 nitrogen and oxygen atoms in total. The van der Waals surface area contributed by atoms with Gasteiger partial charge in [-0.2, -0.15) is 0 Å². The number of carbonyl (C=O) groups excluding carboxylic acids is 1. The summed E-state index contributed by atoms with van der Waals surface area (Å²) in [7, 11) is 1.86. The zero-order valence-corrected chi connectivity index (χ0v) is 19.4. The molecule has 1 saturated heterocycles. The Morgan fingerprint density at radius 1 is 1.13 bits per heavy atom. The maximum absolute atomic E-state index is 12.9. The fraction of sp³-hybridized carbons (Fsp3) is 0.455. The maximum atomic E-state index is 12.9. The van der Waals surface area contributed by atoms with Gasteiger partial charge in [-0.25, -0.2) is 4.98 Å². The number of amides is 1. The SMILES string of the molecule is CCN(CC)c1nc2sc(C(=O)N(C)Cc3ccc(N4CCOCC4)cc3)cc2s1. The number of rotatable bonds is 7. The summed E-state index contributed by atoms with van der Waals surface area (Å²) in [5.41, 5.74) is 2.34. The Hall–Kier alpha value is -2.16. The molecule has 0 aliphatic carbocycles. The number of thiazole rings is 1. The summed E-state index contributed by atoms with van der Waals surface area (Å²) in [4.78, 5) is 25.7. The second kappa shape index (κ2) is 9.32. The summed E-state index contributed by atoms with van der Waals surface area (Å²) in [5, 5.41) is 1.04. The first-order chi connectivity index (χ1) is 14.6. The van der Waals surface area contributed by atoms with E-state index < -0.39 is 0 Å². The summed E-state index contributed by atoms with van der Waals surface area (Å²) in [6, 6.07) is 10.5. The molecule has 0 unspecified atom stereocenters. The average Bonchev–Trinajstić information content (AvgIpc) is 3.35. The van der Waals surface area contributed by atoms with Gasteiger partial charge in [0.05, 0.1) is 22.8 Å². The molecule has 0 saturated carbocycles. The highest BCUT2D eigenvalue weighted by atomic mass is 32.1. The fourth-order valence-corrected chi connectivity index (χ4v) is 5.96. The summed E-state index contributed by atoms with van der Waals surface area (Å²) in [6.07, 6.45) is 0. The number of hydrogen-bond acceptors (Lipinski definition) is 7. The van der Waals surface area contributed by atoms with E-state index in [2.05, 4.69) is 47.9 Å². The van der Waals surface area contributed by atoms with Crippen LogP contribution in [-0.2, 0) is 11.3 Å². The van der Waals surface area contributed by atoms with Gasteiger partial charge in [0.2, 0.25) is 0 Å². The highest BCUT2D eigenvalue weighted by Crippen LogP contribution is 2.35. The van der Waals surface area contributed by atoms with Crippen LogP contribution in [0.4, 0.5) is 10.8 Å². The summed E-state index contributed by atoms with van der Waals surface area (Å²) in [5.74, 6) is 0.0480. The second-order valence-corrected chi connectivity index (χ2v) is 9.42. The zero-order chi connectivity index (χ0) is 21.1. The standard InChI is InChI=1S/C22H28N4O2S2/c1-4-25(5-2)22-23-20-18(30-22)14-19(29-20)21(27)24(3)15-16-6-8-17(9-7-16)26-10-12-28-13-11-26/h6-9,14H,4-5,10-13,15H2,1-3H3. The molecule has 160 valence electrons. The molecular formula is C22H28N4O2S2. The maximum Gasteiger partial charge on any atom is 0.264 e. The Morgan fingerprint density at radius 3 is 2.47 bits per heavy atom. The number of hydrogen-bond donors (Lipinski definition) is 0. The fourth-order valence-electron chi connectivity index (χ4n) is 3.63. The molecule has 0 radical (unpaired) electrons. The number of morpholine rings is 1. The lowest BCUT2D eigenvalue weighted by molar-refractivity contribution is 0.0790. The van der Waals surface area contributed by atoms with Crippen LogP contribution in [0.2, 0.25) is 0 Å². The molecule has 2 aromatic heterocycles. The predicted octanol–water partition coefficient (Wildman–Crippen LogP) is 4.31. The van der Waals surface area contributed by atoms with Gasteiger partial charge in [0.1, 0.15) is 4.83 Å². The van der Waals surface area contributed by atoms with Gasteiger partial charge in [-0.05, 0) is 37.6 Å². The van der Waals surface area contributed by atoms with Crippen LogP contribution >= 0.6 is 22.7 Å². The molecule has 4 rings (SSSR count). The average molecular weight is 445 g/mol. The number of fused-ring (bicyclic) bond motifs is 1. The van der Waals surface area contributed by atoms with Crippen molar-refractivity contribution >= 4 is 48.9 Å². The third kappa shape index (κ3) is 4.45. The number of ether oxygens (including phenoxy) is 1. The van der Waals surface area contributed by atoms with Crippen molar-refractivity contribution in [3.05, 3.63) is 40.8 Å². The van der Waals surface area contributed by atoms with E-state index in [9.17, 15) is 4.79 Å². The first-order valence-electron chi connectivity index (χ1n) is 10.4. The van der Waals surface area contributed by atoms with E-state index in [-0.39, 0.29) is 5.91 Å². The van der Waals surface area contributed by atoms with Crippen molar-refractivity contribution < 1.29 is 9.53 Å². The van der Waals surface area contributed by atoms with Gasteiger partial charge >= 0.3 is 0 Å². The van der Waals surface area contributed by atoms with E-state index in [1.54, 1.807) is 16.2 Å². The topological polar surface area (TPSA) is 48.9 Å². The van der Waals surface area contributed by atoms with Crippen molar-refractivity contribution in [1.82, 2.24) is 9.88 Å². The first kappa shape index (κ1) is 21.1. The van der Waals surface area contributed by atoms with Gasteiger partial charge < -0.3 is 19.4 Å². The number of thiophene rings is 1. The molecule has 1 aliphatic heterocycles. The van der Waals surface area contributed by atoms with E-state index in [1.807, 2.05) is 13.1 Å².